The molecule has 0 spiro atoms. The van der Waals surface area contributed by atoms with Crippen molar-refractivity contribution in [2.45, 2.75) is 31.7 Å². The summed E-state index contributed by atoms with van der Waals surface area (Å²) in [6.45, 7) is 3.70. The maximum Gasteiger partial charge on any atom is 0.237 e. The lowest BCUT2D eigenvalue weighted by atomic mass is 9.97. The van der Waals surface area contributed by atoms with E-state index >= 15 is 0 Å². The SMILES string of the molecule is CN(C)CC(=O)N1CCCC(CNC(=O)C2CCCN2)C1. The van der Waals surface area contributed by atoms with Crippen molar-refractivity contribution >= 4 is 11.8 Å². The van der Waals surface area contributed by atoms with Crippen LogP contribution in [0, 0.1) is 5.92 Å². The molecule has 2 aliphatic heterocycles. The molecule has 0 aromatic carbocycles. The first-order valence-corrected chi connectivity index (χ1v) is 8.00. The molecule has 2 rings (SSSR count). The molecule has 2 amide bonds. The van der Waals surface area contributed by atoms with Crippen molar-refractivity contribution in [3.63, 3.8) is 0 Å². The maximum absolute atomic E-state index is 12.1. The Balaban J connectivity index is 1.73. The monoisotopic (exact) mass is 296 g/mol. The maximum atomic E-state index is 12.1. The van der Waals surface area contributed by atoms with Crippen LogP contribution < -0.4 is 10.6 Å². The average molecular weight is 296 g/mol. The van der Waals surface area contributed by atoms with Gasteiger partial charge in [0.1, 0.15) is 0 Å². The third kappa shape index (κ3) is 4.97. The van der Waals surface area contributed by atoms with Crippen LogP contribution in [-0.4, -0.2) is 74.5 Å². The van der Waals surface area contributed by atoms with Gasteiger partial charge in [-0.3, -0.25) is 9.59 Å². The van der Waals surface area contributed by atoms with E-state index in [1.807, 2.05) is 23.9 Å². The van der Waals surface area contributed by atoms with Crippen molar-refractivity contribution in [2.24, 2.45) is 5.92 Å². The molecule has 0 saturated carbocycles. The van der Waals surface area contributed by atoms with Crippen LogP contribution in [0.3, 0.4) is 0 Å². The lowest BCUT2D eigenvalue weighted by molar-refractivity contribution is -0.133. The van der Waals surface area contributed by atoms with Gasteiger partial charge in [0.2, 0.25) is 11.8 Å². The molecular weight excluding hydrogens is 268 g/mol. The molecule has 2 N–H and O–H groups in total. The summed E-state index contributed by atoms with van der Waals surface area (Å²) in [5.74, 6) is 0.688. The topological polar surface area (TPSA) is 64.7 Å². The van der Waals surface area contributed by atoms with Crippen molar-refractivity contribution in [3.05, 3.63) is 0 Å². The van der Waals surface area contributed by atoms with E-state index in [4.69, 9.17) is 0 Å². The van der Waals surface area contributed by atoms with Crippen molar-refractivity contribution in [1.29, 1.82) is 0 Å². The molecule has 2 fully saturated rings. The molecule has 2 saturated heterocycles. The third-order valence-electron chi connectivity index (χ3n) is 4.26. The van der Waals surface area contributed by atoms with E-state index in [1.54, 1.807) is 0 Å². The molecular formula is C15H28N4O2. The predicted molar refractivity (Wildman–Crippen MR) is 81.9 cm³/mol. The molecule has 2 heterocycles. The van der Waals surface area contributed by atoms with E-state index in [2.05, 4.69) is 10.6 Å². The Bertz CT molecular complexity index is 367. The molecule has 6 heteroatoms. The summed E-state index contributed by atoms with van der Waals surface area (Å²) in [7, 11) is 3.82. The van der Waals surface area contributed by atoms with Crippen LogP contribution in [0.2, 0.25) is 0 Å². The van der Waals surface area contributed by atoms with Crippen molar-refractivity contribution in [3.8, 4) is 0 Å². The third-order valence-corrected chi connectivity index (χ3v) is 4.26. The summed E-state index contributed by atoms with van der Waals surface area (Å²) in [4.78, 5) is 27.9. The molecule has 0 aromatic heterocycles. The van der Waals surface area contributed by atoms with Crippen LogP contribution in [0.15, 0.2) is 0 Å². The number of nitrogens with one attached hydrogen (secondary N) is 2. The Morgan fingerprint density at radius 2 is 2.10 bits per heavy atom. The van der Waals surface area contributed by atoms with E-state index in [-0.39, 0.29) is 17.9 Å². The highest BCUT2D eigenvalue weighted by Crippen LogP contribution is 2.16. The summed E-state index contributed by atoms with van der Waals surface area (Å²) >= 11 is 0. The number of carbonyl (C=O) groups excluding carboxylic acids is 2. The van der Waals surface area contributed by atoms with Crippen LogP contribution in [0.25, 0.3) is 0 Å². The predicted octanol–water partition coefficient (Wildman–Crippen LogP) is -0.345. The average Bonchev–Trinajstić information content (AvgIpc) is 2.98. The first-order chi connectivity index (χ1) is 10.1. The smallest absolute Gasteiger partial charge is 0.237 e. The highest BCUT2D eigenvalue weighted by molar-refractivity contribution is 5.82. The summed E-state index contributed by atoms with van der Waals surface area (Å²) in [5.41, 5.74) is 0. The zero-order valence-corrected chi connectivity index (χ0v) is 13.2. The number of likely N-dealkylation sites (tertiary alicyclic amines) is 1. The Morgan fingerprint density at radius 1 is 1.29 bits per heavy atom. The highest BCUT2D eigenvalue weighted by atomic mass is 16.2. The van der Waals surface area contributed by atoms with Gasteiger partial charge >= 0.3 is 0 Å². The minimum absolute atomic E-state index is 0.0138. The standard InChI is InChI=1S/C15H28N4O2/c1-18(2)11-14(20)19-8-4-5-12(10-19)9-17-15(21)13-6-3-7-16-13/h12-13,16H,3-11H2,1-2H3,(H,17,21). The summed E-state index contributed by atoms with van der Waals surface area (Å²) < 4.78 is 0. The van der Waals surface area contributed by atoms with Gasteiger partial charge in [0.05, 0.1) is 12.6 Å². The fraction of sp³-hybridized carbons (Fsp3) is 0.867. The second-order valence-corrected chi connectivity index (χ2v) is 6.48. The summed E-state index contributed by atoms with van der Waals surface area (Å²) in [5, 5.41) is 6.26. The number of nitrogens with zero attached hydrogens (tertiary/aromatic N) is 2. The number of rotatable bonds is 5. The Labute approximate surface area is 127 Å². The Kier molecular flexibility index (Phi) is 5.99. The van der Waals surface area contributed by atoms with Gasteiger partial charge < -0.3 is 20.4 Å². The molecule has 120 valence electrons. The van der Waals surface area contributed by atoms with Crippen LogP contribution in [0.1, 0.15) is 25.7 Å². The molecule has 6 nitrogen and oxygen atoms in total. The van der Waals surface area contributed by atoms with E-state index in [9.17, 15) is 9.59 Å². The molecule has 21 heavy (non-hydrogen) atoms. The van der Waals surface area contributed by atoms with Crippen LogP contribution in [0.4, 0.5) is 0 Å². The quantitative estimate of drug-likeness (QED) is 0.728. The van der Waals surface area contributed by atoms with Gasteiger partial charge in [-0.1, -0.05) is 0 Å². The van der Waals surface area contributed by atoms with Crippen molar-refractivity contribution in [2.75, 3.05) is 46.8 Å². The Morgan fingerprint density at radius 3 is 2.76 bits per heavy atom. The van der Waals surface area contributed by atoms with Crippen molar-refractivity contribution in [1.82, 2.24) is 20.4 Å². The van der Waals surface area contributed by atoms with E-state index in [1.165, 1.54) is 0 Å². The molecule has 0 radical (unpaired) electrons. The van der Waals surface area contributed by atoms with Gasteiger partial charge in [-0.25, -0.2) is 0 Å². The van der Waals surface area contributed by atoms with Gasteiger partial charge in [0.15, 0.2) is 0 Å². The molecule has 2 unspecified atom stereocenters. The highest BCUT2D eigenvalue weighted by Gasteiger charge is 2.26. The lowest BCUT2D eigenvalue weighted by Crippen LogP contribution is -2.48. The lowest BCUT2D eigenvalue weighted by Gasteiger charge is -2.33. The van der Waals surface area contributed by atoms with E-state index < -0.39 is 0 Å². The van der Waals surface area contributed by atoms with Crippen molar-refractivity contribution < 1.29 is 9.59 Å². The Hall–Kier alpha value is -1.14. The van der Waals surface area contributed by atoms with E-state index in [0.29, 0.717) is 19.0 Å². The normalized spacial score (nSPS) is 26.1. The van der Waals surface area contributed by atoms with E-state index in [0.717, 1.165) is 45.3 Å². The number of amides is 2. The summed E-state index contributed by atoms with van der Waals surface area (Å²) in [6, 6.07) is -0.0138. The second-order valence-electron chi connectivity index (χ2n) is 6.48. The van der Waals surface area contributed by atoms with Gasteiger partial charge in [-0.05, 0) is 52.2 Å². The molecule has 0 bridgehead atoms. The fourth-order valence-electron chi connectivity index (χ4n) is 3.11. The first kappa shape index (κ1) is 16.2. The molecule has 2 atom stereocenters. The molecule has 2 aliphatic rings. The van der Waals surface area contributed by atoms with Gasteiger partial charge in [-0.2, -0.15) is 0 Å². The zero-order chi connectivity index (χ0) is 15.2. The zero-order valence-electron chi connectivity index (χ0n) is 13.2. The van der Waals surface area contributed by atoms with Gasteiger partial charge in [0, 0.05) is 19.6 Å². The first-order valence-electron chi connectivity index (χ1n) is 8.00. The molecule has 0 aromatic rings. The van der Waals surface area contributed by atoms with Gasteiger partial charge in [-0.15, -0.1) is 0 Å². The van der Waals surface area contributed by atoms with Crippen LogP contribution in [-0.2, 0) is 9.59 Å². The van der Waals surface area contributed by atoms with Crippen LogP contribution >= 0.6 is 0 Å². The largest absolute Gasteiger partial charge is 0.354 e. The number of carbonyl (C=O) groups is 2. The number of piperidine rings is 1. The van der Waals surface area contributed by atoms with Gasteiger partial charge in [0.25, 0.3) is 0 Å². The minimum atomic E-state index is -0.0138. The minimum Gasteiger partial charge on any atom is -0.354 e. The number of likely N-dealkylation sites (N-methyl/N-ethyl adjacent to an activating group) is 1. The molecule has 0 aliphatic carbocycles. The fourth-order valence-corrected chi connectivity index (χ4v) is 3.11. The summed E-state index contributed by atoms with van der Waals surface area (Å²) in [6.07, 6.45) is 4.13. The second kappa shape index (κ2) is 7.75. The number of hydrogen-bond donors (Lipinski definition) is 2. The number of hydrogen-bond acceptors (Lipinski definition) is 4. The van der Waals surface area contributed by atoms with Crippen LogP contribution in [0.5, 0.6) is 0 Å².